The molecule has 0 aliphatic carbocycles. The smallest absolute Gasteiger partial charge is 0.356 e. The van der Waals surface area contributed by atoms with E-state index in [9.17, 15) is 14.3 Å². The van der Waals surface area contributed by atoms with Crippen molar-refractivity contribution in [2.75, 3.05) is 5.32 Å². The van der Waals surface area contributed by atoms with Crippen molar-refractivity contribution in [2.45, 2.75) is 0 Å². The average Bonchev–Trinajstić information content (AvgIpc) is 2.80. The molecule has 1 aromatic carbocycles. The summed E-state index contributed by atoms with van der Waals surface area (Å²) in [6.07, 6.45) is 1.59. The van der Waals surface area contributed by atoms with Crippen LogP contribution in [-0.2, 0) is 0 Å². The number of hydrogen-bond acceptors (Lipinski definition) is 3. The fourth-order valence-electron chi connectivity index (χ4n) is 2.01. The third kappa shape index (κ3) is 2.47. The summed E-state index contributed by atoms with van der Waals surface area (Å²) in [5, 5.41) is 12.1. The van der Waals surface area contributed by atoms with Gasteiger partial charge in [0, 0.05) is 10.7 Å². The lowest BCUT2D eigenvalue weighted by atomic mass is 10.3. The summed E-state index contributed by atoms with van der Waals surface area (Å²) < 4.78 is 15.9. The molecule has 0 saturated heterocycles. The largest absolute Gasteiger partial charge is 0.476 e. The Balaban J connectivity index is 2.12. The zero-order valence-electron chi connectivity index (χ0n) is 10.5. The molecule has 0 bridgehead atoms. The fourth-order valence-corrected chi connectivity index (χ4v) is 2.34. The molecule has 3 aromatic rings. The van der Waals surface area contributed by atoms with Crippen molar-refractivity contribution < 1.29 is 14.3 Å². The van der Waals surface area contributed by atoms with Crippen LogP contribution in [0.15, 0.2) is 47.1 Å². The Morgan fingerprint density at radius 2 is 2.14 bits per heavy atom. The van der Waals surface area contributed by atoms with Crippen LogP contribution < -0.4 is 5.32 Å². The van der Waals surface area contributed by atoms with Crippen molar-refractivity contribution in [2.24, 2.45) is 0 Å². The molecule has 0 spiro atoms. The van der Waals surface area contributed by atoms with Gasteiger partial charge in [-0.2, -0.15) is 0 Å². The second-order valence-electron chi connectivity index (χ2n) is 4.29. The number of carboxylic acid groups (broad SMARTS) is 1. The number of hydrogen-bond donors (Lipinski definition) is 2. The van der Waals surface area contributed by atoms with Gasteiger partial charge < -0.3 is 10.4 Å². The van der Waals surface area contributed by atoms with Gasteiger partial charge in [0.25, 0.3) is 0 Å². The maximum Gasteiger partial charge on any atom is 0.356 e. The third-order valence-electron chi connectivity index (χ3n) is 2.92. The summed E-state index contributed by atoms with van der Waals surface area (Å²) in [7, 11) is 0. The van der Waals surface area contributed by atoms with Gasteiger partial charge in [0.15, 0.2) is 11.5 Å². The highest BCUT2D eigenvalue weighted by Gasteiger charge is 2.19. The van der Waals surface area contributed by atoms with Gasteiger partial charge in [0.1, 0.15) is 11.5 Å². The van der Waals surface area contributed by atoms with Crippen LogP contribution in [0, 0.1) is 5.82 Å². The van der Waals surface area contributed by atoms with Gasteiger partial charge in [0.05, 0.1) is 5.69 Å². The lowest BCUT2D eigenvalue weighted by molar-refractivity contribution is 0.0690. The van der Waals surface area contributed by atoms with Crippen LogP contribution in [0.25, 0.3) is 5.65 Å². The van der Waals surface area contributed by atoms with E-state index >= 15 is 0 Å². The molecule has 2 heterocycles. The Kier molecular flexibility index (Phi) is 3.34. The first-order valence-corrected chi connectivity index (χ1v) is 6.78. The zero-order chi connectivity index (χ0) is 15.0. The van der Waals surface area contributed by atoms with Crippen molar-refractivity contribution in [3.63, 3.8) is 0 Å². The Hall–Kier alpha value is -2.41. The number of aromatic carboxylic acids is 1. The van der Waals surface area contributed by atoms with E-state index in [1.807, 2.05) is 0 Å². The number of carbonyl (C=O) groups is 1. The van der Waals surface area contributed by atoms with Crippen molar-refractivity contribution >= 4 is 39.1 Å². The maximum atomic E-state index is 13.8. The minimum absolute atomic E-state index is 0.0482. The second-order valence-corrected chi connectivity index (χ2v) is 5.21. The van der Waals surface area contributed by atoms with Gasteiger partial charge >= 0.3 is 5.97 Å². The molecule has 0 unspecified atom stereocenters. The number of halogens is 2. The predicted molar refractivity (Wildman–Crippen MR) is 79.5 cm³/mol. The molecule has 3 rings (SSSR count). The molecule has 0 fully saturated rings. The number of nitrogens with zero attached hydrogens (tertiary/aromatic N) is 2. The summed E-state index contributed by atoms with van der Waals surface area (Å²) >= 11 is 3.17. The molecule has 2 N–H and O–H groups in total. The number of aromatic nitrogens is 2. The van der Waals surface area contributed by atoms with Crippen molar-refractivity contribution in [1.82, 2.24) is 9.38 Å². The molecule has 0 amide bonds. The summed E-state index contributed by atoms with van der Waals surface area (Å²) in [6.45, 7) is 0. The quantitative estimate of drug-likeness (QED) is 0.756. The molecule has 106 valence electrons. The van der Waals surface area contributed by atoms with Crippen LogP contribution in [-0.4, -0.2) is 20.5 Å². The highest BCUT2D eigenvalue weighted by Crippen LogP contribution is 2.25. The first kappa shape index (κ1) is 13.6. The average molecular weight is 350 g/mol. The van der Waals surface area contributed by atoms with Crippen molar-refractivity contribution in [1.29, 1.82) is 0 Å². The van der Waals surface area contributed by atoms with Gasteiger partial charge in [-0.1, -0.05) is 22.0 Å². The molecular formula is C14H9BrFN3O2. The molecule has 7 heteroatoms. The molecule has 0 aliphatic heterocycles. The first-order valence-electron chi connectivity index (χ1n) is 5.99. The fraction of sp³-hybridized carbons (Fsp3) is 0. The predicted octanol–water partition coefficient (Wildman–Crippen LogP) is 3.68. The SMILES string of the molecule is O=C(O)c1c(Nc2ccc(Br)cc2F)nc2ccccn12. The highest BCUT2D eigenvalue weighted by atomic mass is 79.9. The third-order valence-corrected chi connectivity index (χ3v) is 3.41. The summed E-state index contributed by atoms with van der Waals surface area (Å²) in [5.74, 6) is -1.55. The van der Waals surface area contributed by atoms with E-state index in [4.69, 9.17) is 0 Å². The van der Waals surface area contributed by atoms with Crippen LogP contribution >= 0.6 is 15.9 Å². The van der Waals surface area contributed by atoms with Crippen molar-refractivity contribution in [3.05, 3.63) is 58.6 Å². The first-order chi connectivity index (χ1) is 10.1. The van der Waals surface area contributed by atoms with Crippen LogP contribution in [0.3, 0.4) is 0 Å². The molecule has 0 saturated carbocycles. The minimum atomic E-state index is -1.14. The van der Waals surface area contributed by atoms with Crippen LogP contribution in [0.2, 0.25) is 0 Å². The van der Waals surface area contributed by atoms with Crippen LogP contribution in [0.4, 0.5) is 15.9 Å². The number of anilines is 2. The van der Waals surface area contributed by atoms with E-state index in [0.717, 1.165) is 0 Å². The molecule has 5 nitrogen and oxygen atoms in total. The van der Waals surface area contributed by atoms with E-state index in [-0.39, 0.29) is 17.2 Å². The second kappa shape index (κ2) is 5.17. The maximum absolute atomic E-state index is 13.8. The number of carboxylic acids is 1. The number of rotatable bonds is 3. The number of nitrogens with one attached hydrogen (secondary N) is 1. The molecule has 0 radical (unpaired) electrons. The number of benzene rings is 1. The van der Waals surface area contributed by atoms with E-state index in [0.29, 0.717) is 10.1 Å². The summed E-state index contributed by atoms with van der Waals surface area (Å²) in [4.78, 5) is 15.6. The van der Waals surface area contributed by atoms with E-state index in [2.05, 4.69) is 26.2 Å². The van der Waals surface area contributed by atoms with Crippen LogP contribution in [0.1, 0.15) is 10.5 Å². The lowest BCUT2D eigenvalue weighted by Gasteiger charge is -2.06. The topological polar surface area (TPSA) is 66.6 Å². The van der Waals surface area contributed by atoms with Gasteiger partial charge in [-0.25, -0.2) is 14.2 Å². The Labute approximate surface area is 127 Å². The molecule has 21 heavy (non-hydrogen) atoms. The standard InChI is InChI=1S/C14H9BrFN3O2/c15-8-4-5-10(9(16)7-8)17-13-12(14(20)21)19-6-2-1-3-11(19)18-13/h1-7,17H,(H,20,21). The Morgan fingerprint density at radius 1 is 1.33 bits per heavy atom. The Morgan fingerprint density at radius 3 is 2.86 bits per heavy atom. The molecule has 2 aromatic heterocycles. The summed E-state index contributed by atoms with van der Waals surface area (Å²) in [5.41, 5.74) is 0.576. The Bertz CT molecular complexity index is 847. The summed E-state index contributed by atoms with van der Waals surface area (Å²) in [6, 6.07) is 9.58. The van der Waals surface area contributed by atoms with Gasteiger partial charge in [-0.15, -0.1) is 0 Å². The van der Waals surface area contributed by atoms with Gasteiger partial charge in [-0.3, -0.25) is 4.40 Å². The van der Waals surface area contributed by atoms with Crippen molar-refractivity contribution in [3.8, 4) is 0 Å². The monoisotopic (exact) mass is 349 g/mol. The normalized spacial score (nSPS) is 10.8. The molecule has 0 atom stereocenters. The highest BCUT2D eigenvalue weighted by molar-refractivity contribution is 9.10. The number of pyridine rings is 1. The lowest BCUT2D eigenvalue weighted by Crippen LogP contribution is -2.05. The van der Waals surface area contributed by atoms with E-state index < -0.39 is 11.8 Å². The number of fused-ring (bicyclic) bond motifs is 1. The van der Waals surface area contributed by atoms with Gasteiger partial charge in [-0.05, 0) is 30.3 Å². The number of imidazole rings is 1. The van der Waals surface area contributed by atoms with Crippen LogP contribution in [0.5, 0.6) is 0 Å². The molecular weight excluding hydrogens is 341 g/mol. The zero-order valence-corrected chi connectivity index (χ0v) is 12.1. The molecule has 0 aliphatic rings. The van der Waals surface area contributed by atoms with Gasteiger partial charge in [0.2, 0.25) is 0 Å². The minimum Gasteiger partial charge on any atom is -0.476 e. The van der Waals surface area contributed by atoms with E-state index in [1.165, 1.54) is 16.5 Å². The van der Waals surface area contributed by atoms with E-state index in [1.54, 1.807) is 30.5 Å².